The minimum atomic E-state index is -0.189. The first-order valence-electron chi connectivity index (χ1n) is 10.3. The maximum Gasteiger partial charge on any atom is 0.232 e. The maximum atomic E-state index is 13.3. The molecule has 1 aliphatic heterocycles. The predicted octanol–water partition coefficient (Wildman–Crippen LogP) is 5.40. The second kappa shape index (κ2) is 7.94. The number of allylic oxidation sites excluding steroid dienone is 3. The number of methoxy groups -OCH3 is 1. The monoisotopic (exact) mass is 401 g/mol. The molecule has 0 saturated carbocycles. The van der Waals surface area contributed by atoms with E-state index >= 15 is 0 Å². The Morgan fingerprint density at radius 3 is 2.37 bits per heavy atom. The van der Waals surface area contributed by atoms with Crippen LogP contribution in [0.4, 0.5) is 5.69 Å². The molecule has 1 heterocycles. The summed E-state index contributed by atoms with van der Waals surface area (Å²) in [6.07, 6.45) is 5.52. The Morgan fingerprint density at radius 1 is 1.00 bits per heavy atom. The predicted molar refractivity (Wildman–Crippen MR) is 119 cm³/mol. The van der Waals surface area contributed by atoms with E-state index in [1.165, 1.54) is 0 Å². The number of rotatable bonds is 4. The molecule has 0 bridgehead atoms. The van der Waals surface area contributed by atoms with Crippen molar-refractivity contribution in [2.75, 3.05) is 12.0 Å². The Bertz CT molecular complexity index is 1020. The first-order valence-corrected chi connectivity index (χ1v) is 10.3. The van der Waals surface area contributed by atoms with Gasteiger partial charge in [0.1, 0.15) is 5.75 Å². The van der Waals surface area contributed by atoms with Crippen LogP contribution in [-0.2, 0) is 9.59 Å². The van der Waals surface area contributed by atoms with Crippen molar-refractivity contribution in [1.82, 2.24) is 0 Å². The summed E-state index contributed by atoms with van der Waals surface area (Å²) < 4.78 is 5.25. The SMILES string of the molecule is COc1ccc(N2C(=O)CC(/C=C/c3ccccc3)C3=C2CC(C)(C)CC3=O)cc1. The highest BCUT2D eigenvalue weighted by Gasteiger charge is 2.43. The van der Waals surface area contributed by atoms with Gasteiger partial charge in [-0.3, -0.25) is 14.5 Å². The minimum Gasteiger partial charge on any atom is -0.497 e. The molecule has 0 aromatic heterocycles. The van der Waals surface area contributed by atoms with E-state index in [0.29, 0.717) is 19.3 Å². The number of benzene rings is 2. The Labute approximate surface area is 177 Å². The third-order valence-electron chi connectivity index (χ3n) is 5.83. The van der Waals surface area contributed by atoms with Gasteiger partial charge in [0.25, 0.3) is 0 Å². The average Bonchev–Trinajstić information content (AvgIpc) is 2.72. The van der Waals surface area contributed by atoms with Crippen molar-refractivity contribution in [2.45, 2.75) is 33.1 Å². The summed E-state index contributed by atoms with van der Waals surface area (Å²) in [5.41, 5.74) is 3.31. The maximum absolute atomic E-state index is 13.3. The van der Waals surface area contributed by atoms with Crippen LogP contribution in [0.15, 0.2) is 71.9 Å². The molecule has 0 radical (unpaired) electrons. The Hall–Kier alpha value is -3.14. The zero-order valence-corrected chi connectivity index (χ0v) is 17.7. The van der Waals surface area contributed by atoms with E-state index in [4.69, 9.17) is 4.74 Å². The van der Waals surface area contributed by atoms with E-state index in [9.17, 15) is 9.59 Å². The van der Waals surface area contributed by atoms with E-state index in [0.717, 1.165) is 28.3 Å². The molecule has 2 aromatic rings. The molecule has 0 fully saturated rings. The van der Waals surface area contributed by atoms with Gasteiger partial charge in [-0.15, -0.1) is 0 Å². The largest absolute Gasteiger partial charge is 0.497 e. The van der Waals surface area contributed by atoms with Gasteiger partial charge in [-0.05, 0) is 41.7 Å². The number of amides is 1. The van der Waals surface area contributed by atoms with Crippen LogP contribution in [0, 0.1) is 11.3 Å². The van der Waals surface area contributed by atoms with Crippen LogP contribution in [0.3, 0.4) is 0 Å². The van der Waals surface area contributed by atoms with Gasteiger partial charge in [0.2, 0.25) is 5.91 Å². The number of hydrogen-bond acceptors (Lipinski definition) is 3. The first kappa shape index (κ1) is 20.1. The highest BCUT2D eigenvalue weighted by Crippen LogP contribution is 2.45. The van der Waals surface area contributed by atoms with Gasteiger partial charge in [-0.2, -0.15) is 0 Å². The third-order valence-corrected chi connectivity index (χ3v) is 5.83. The van der Waals surface area contributed by atoms with Crippen LogP contribution in [0.2, 0.25) is 0 Å². The molecular weight excluding hydrogens is 374 g/mol. The Balaban J connectivity index is 1.77. The fraction of sp³-hybridized carbons (Fsp3) is 0.308. The molecule has 0 N–H and O–H groups in total. The molecule has 1 aliphatic carbocycles. The molecule has 2 aliphatic rings. The van der Waals surface area contributed by atoms with Gasteiger partial charge in [-0.25, -0.2) is 0 Å². The first-order chi connectivity index (χ1) is 14.4. The fourth-order valence-electron chi connectivity index (χ4n) is 4.44. The summed E-state index contributed by atoms with van der Waals surface area (Å²) in [5.74, 6) is 0.717. The number of ketones is 1. The van der Waals surface area contributed by atoms with Crippen molar-refractivity contribution in [2.24, 2.45) is 11.3 Å². The lowest BCUT2D eigenvalue weighted by molar-refractivity contribution is -0.121. The lowest BCUT2D eigenvalue weighted by Gasteiger charge is -2.42. The molecular formula is C26H27NO3. The number of ether oxygens (including phenoxy) is 1. The summed E-state index contributed by atoms with van der Waals surface area (Å²) in [4.78, 5) is 28.2. The second-order valence-corrected chi connectivity index (χ2v) is 8.81. The molecule has 1 amide bonds. The van der Waals surface area contributed by atoms with Gasteiger partial charge < -0.3 is 4.74 Å². The van der Waals surface area contributed by atoms with E-state index < -0.39 is 0 Å². The lowest BCUT2D eigenvalue weighted by Crippen LogP contribution is -2.44. The Kier molecular flexibility index (Phi) is 5.33. The molecule has 154 valence electrons. The van der Waals surface area contributed by atoms with Crippen LogP contribution < -0.4 is 9.64 Å². The van der Waals surface area contributed by atoms with Crippen LogP contribution >= 0.6 is 0 Å². The van der Waals surface area contributed by atoms with Crippen molar-refractivity contribution >= 4 is 23.5 Å². The smallest absolute Gasteiger partial charge is 0.232 e. The van der Waals surface area contributed by atoms with Gasteiger partial charge in [0.15, 0.2) is 5.78 Å². The number of anilines is 1. The third kappa shape index (κ3) is 3.95. The van der Waals surface area contributed by atoms with Crippen molar-refractivity contribution in [1.29, 1.82) is 0 Å². The van der Waals surface area contributed by atoms with Gasteiger partial charge in [0.05, 0.1) is 7.11 Å². The van der Waals surface area contributed by atoms with Crippen LogP contribution in [0.5, 0.6) is 5.75 Å². The number of Topliss-reactive ketones (excluding diaryl/α,β-unsaturated/α-hetero) is 1. The molecule has 4 nitrogen and oxygen atoms in total. The van der Waals surface area contributed by atoms with Crippen molar-refractivity contribution in [3.63, 3.8) is 0 Å². The van der Waals surface area contributed by atoms with Gasteiger partial charge in [0, 0.05) is 35.7 Å². The van der Waals surface area contributed by atoms with E-state index in [1.54, 1.807) is 12.0 Å². The quantitative estimate of drug-likeness (QED) is 0.689. The average molecular weight is 402 g/mol. The van der Waals surface area contributed by atoms with Crippen LogP contribution in [-0.4, -0.2) is 18.8 Å². The molecule has 1 unspecified atom stereocenters. The molecule has 0 saturated heterocycles. The van der Waals surface area contributed by atoms with Crippen molar-refractivity contribution < 1.29 is 14.3 Å². The second-order valence-electron chi connectivity index (χ2n) is 8.81. The summed E-state index contributed by atoms with van der Waals surface area (Å²) in [5, 5.41) is 0. The van der Waals surface area contributed by atoms with E-state index in [1.807, 2.05) is 66.7 Å². The number of carbonyl (C=O) groups is 2. The molecule has 30 heavy (non-hydrogen) atoms. The molecule has 0 spiro atoms. The zero-order chi connectivity index (χ0) is 21.3. The van der Waals surface area contributed by atoms with E-state index in [2.05, 4.69) is 13.8 Å². The highest BCUT2D eigenvalue weighted by atomic mass is 16.5. The van der Waals surface area contributed by atoms with Gasteiger partial charge >= 0.3 is 0 Å². The zero-order valence-electron chi connectivity index (χ0n) is 17.7. The van der Waals surface area contributed by atoms with Crippen molar-refractivity contribution in [3.05, 3.63) is 77.5 Å². The molecule has 2 aromatic carbocycles. The summed E-state index contributed by atoms with van der Waals surface area (Å²) >= 11 is 0. The highest BCUT2D eigenvalue weighted by molar-refractivity contribution is 6.07. The van der Waals surface area contributed by atoms with Crippen LogP contribution in [0.25, 0.3) is 6.08 Å². The number of hydrogen-bond donors (Lipinski definition) is 0. The number of carbonyl (C=O) groups excluding carboxylic acids is 2. The topological polar surface area (TPSA) is 46.6 Å². The van der Waals surface area contributed by atoms with Crippen molar-refractivity contribution in [3.8, 4) is 5.75 Å². The summed E-state index contributed by atoms with van der Waals surface area (Å²) in [6, 6.07) is 17.4. The normalized spacial score (nSPS) is 21.2. The standard InChI is InChI=1S/C26H27NO3/c1-26(2)16-22-25(23(28)17-26)19(10-9-18-7-5-4-6-8-18)15-24(29)27(22)20-11-13-21(30-3)14-12-20/h4-14,19H,15-17H2,1-3H3/b10-9+. The summed E-state index contributed by atoms with van der Waals surface area (Å²) in [7, 11) is 1.62. The minimum absolute atomic E-state index is 0.0205. The Morgan fingerprint density at radius 2 is 1.70 bits per heavy atom. The number of nitrogens with zero attached hydrogens (tertiary/aromatic N) is 1. The molecule has 4 rings (SSSR count). The lowest BCUT2D eigenvalue weighted by atomic mass is 9.70. The molecule has 4 heteroatoms. The summed E-state index contributed by atoms with van der Waals surface area (Å²) in [6.45, 7) is 4.18. The van der Waals surface area contributed by atoms with Gasteiger partial charge in [-0.1, -0.05) is 56.3 Å². The fourth-order valence-corrected chi connectivity index (χ4v) is 4.44. The van der Waals surface area contributed by atoms with Crippen LogP contribution in [0.1, 0.15) is 38.7 Å². The van der Waals surface area contributed by atoms with E-state index in [-0.39, 0.29) is 23.0 Å². The molecule has 1 atom stereocenters.